The van der Waals surface area contributed by atoms with E-state index in [1.165, 1.54) is 57.8 Å². The van der Waals surface area contributed by atoms with Crippen molar-refractivity contribution in [2.24, 2.45) is 0 Å². The van der Waals surface area contributed by atoms with Gasteiger partial charge in [0.1, 0.15) is 0 Å². The molecular weight excluding hydrogens is 170 g/mol. The van der Waals surface area contributed by atoms with Crippen molar-refractivity contribution in [3.63, 3.8) is 0 Å². The third kappa shape index (κ3) is 4.45. The first kappa shape index (κ1) is 12.0. The van der Waals surface area contributed by atoms with Crippen molar-refractivity contribution >= 4 is 0 Å². The summed E-state index contributed by atoms with van der Waals surface area (Å²) in [5.74, 6) is 0. The molecule has 1 aliphatic rings. The third-order valence-corrected chi connectivity index (χ3v) is 3.48. The molecule has 0 amide bonds. The monoisotopic (exact) mass is 197 g/mol. The second kappa shape index (κ2) is 7.28. The van der Waals surface area contributed by atoms with E-state index in [-0.39, 0.29) is 0 Å². The Kier molecular flexibility index (Phi) is 6.25. The average Bonchev–Trinajstić information content (AvgIpc) is 2.65. The molecule has 1 aliphatic heterocycles. The molecule has 0 bridgehead atoms. The smallest absolute Gasteiger partial charge is 0.00702 e. The molecule has 1 heteroatoms. The van der Waals surface area contributed by atoms with Gasteiger partial charge in [0.2, 0.25) is 0 Å². The zero-order chi connectivity index (χ0) is 10.2. The van der Waals surface area contributed by atoms with Gasteiger partial charge in [0, 0.05) is 12.1 Å². The Hall–Kier alpha value is -0.0400. The van der Waals surface area contributed by atoms with Gasteiger partial charge in [0.25, 0.3) is 0 Å². The van der Waals surface area contributed by atoms with Crippen LogP contribution in [0.5, 0.6) is 0 Å². The molecule has 1 nitrogen and oxygen atoms in total. The minimum atomic E-state index is 0.829. The van der Waals surface area contributed by atoms with Crippen LogP contribution in [-0.2, 0) is 0 Å². The molecule has 1 fully saturated rings. The number of hydrogen-bond acceptors (Lipinski definition) is 1. The highest BCUT2D eigenvalue weighted by Gasteiger charge is 2.20. The molecule has 1 N–H and O–H groups in total. The molecule has 0 radical (unpaired) electrons. The predicted octanol–water partition coefficient (Wildman–Crippen LogP) is 3.88. The fraction of sp³-hybridized carbons (Fsp3) is 1.00. The lowest BCUT2D eigenvalue weighted by Crippen LogP contribution is -2.28. The van der Waals surface area contributed by atoms with Crippen molar-refractivity contribution < 1.29 is 0 Å². The van der Waals surface area contributed by atoms with Crippen LogP contribution in [0.15, 0.2) is 0 Å². The van der Waals surface area contributed by atoms with E-state index in [4.69, 9.17) is 0 Å². The van der Waals surface area contributed by atoms with Crippen LogP contribution in [0.2, 0.25) is 0 Å². The van der Waals surface area contributed by atoms with Gasteiger partial charge in [0.05, 0.1) is 0 Å². The Morgan fingerprint density at radius 1 is 0.929 bits per heavy atom. The van der Waals surface area contributed by atoms with Crippen molar-refractivity contribution in [1.82, 2.24) is 5.32 Å². The lowest BCUT2D eigenvalue weighted by molar-refractivity contribution is 0.476. The molecular formula is C13H27N. The van der Waals surface area contributed by atoms with Crippen LogP contribution >= 0.6 is 0 Å². The summed E-state index contributed by atoms with van der Waals surface area (Å²) in [6, 6.07) is 1.68. The molecule has 0 unspecified atom stereocenters. The van der Waals surface area contributed by atoms with Gasteiger partial charge < -0.3 is 5.32 Å². The van der Waals surface area contributed by atoms with Gasteiger partial charge in [-0.1, -0.05) is 46.0 Å². The Labute approximate surface area is 89.7 Å². The summed E-state index contributed by atoms with van der Waals surface area (Å²) in [6.07, 6.45) is 12.7. The maximum absolute atomic E-state index is 3.73. The van der Waals surface area contributed by atoms with Crippen molar-refractivity contribution in [2.75, 3.05) is 0 Å². The topological polar surface area (TPSA) is 12.0 Å². The van der Waals surface area contributed by atoms with Crippen LogP contribution in [0.4, 0.5) is 0 Å². The summed E-state index contributed by atoms with van der Waals surface area (Å²) in [5.41, 5.74) is 0. The third-order valence-electron chi connectivity index (χ3n) is 3.48. The minimum absolute atomic E-state index is 0.829. The highest BCUT2D eigenvalue weighted by atomic mass is 15.0. The first-order chi connectivity index (χ1) is 6.86. The van der Waals surface area contributed by atoms with Crippen molar-refractivity contribution in [3.8, 4) is 0 Å². The second-order valence-corrected chi connectivity index (χ2v) is 4.75. The summed E-state index contributed by atoms with van der Waals surface area (Å²) in [6.45, 7) is 4.58. The number of rotatable bonds is 7. The highest BCUT2D eigenvalue weighted by Crippen LogP contribution is 2.19. The number of hydrogen-bond donors (Lipinski definition) is 1. The minimum Gasteiger partial charge on any atom is -0.311 e. The normalized spacial score (nSPS) is 27.0. The van der Waals surface area contributed by atoms with Crippen molar-refractivity contribution in [2.45, 2.75) is 83.7 Å². The highest BCUT2D eigenvalue weighted by molar-refractivity contribution is 4.82. The maximum Gasteiger partial charge on any atom is 0.00702 e. The molecule has 14 heavy (non-hydrogen) atoms. The SMILES string of the molecule is CCCCCCC[C@@H]1CC[C@H](CC)N1. The van der Waals surface area contributed by atoms with Gasteiger partial charge in [-0.05, 0) is 25.7 Å². The zero-order valence-electron chi connectivity index (χ0n) is 10.0. The number of nitrogens with one attached hydrogen (secondary N) is 1. The fourth-order valence-electron chi connectivity index (χ4n) is 2.45. The van der Waals surface area contributed by atoms with Gasteiger partial charge in [-0.15, -0.1) is 0 Å². The van der Waals surface area contributed by atoms with E-state index in [2.05, 4.69) is 19.2 Å². The van der Waals surface area contributed by atoms with Crippen LogP contribution < -0.4 is 5.32 Å². The molecule has 1 saturated heterocycles. The quantitative estimate of drug-likeness (QED) is 0.611. The Morgan fingerprint density at radius 3 is 2.29 bits per heavy atom. The molecule has 0 saturated carbocycles. The van der Waals surface area contributed by atoms with E-state index in [1.54, 1.807) is 0 Å². The Balaban J connectivity index is 1.92. The molecule has 0 aromatic heterocycles. The summed E-state index contributed by atoms with van der Waals surface area (Å²) < 4.78 is 0. The maximum atomic E-state index is 3.73. The number of unbranched alkanes of at least 4 members (excludes halogenated alkanes) is 4. The largest absolute Gasteiger partial charge is 0.311 e. The van der Waals surface area contributed by atoms with Gasteiger partial charge in [-0.2, -0.15) is 0 Å². The van der Waals surface area contributed by atoms with Crippen LogP contribution in [0.25, 0.3) is 0 Å². The fourth-order valence-corrected chi connectivity index (χ4v) is 2.45. The molecule has 2 atom stereocenters. The van der Waals surface area contributed by atoms with E-state index in [1.807, 2.05) is 0 Å². The van der Waals surface area contributed by atoms with E-state index in [9.17, 15) is 0 Å². The van der Waals surface area contributed by atoms with E-state index >= 15 is 0 Å². The van der Waals surface area contributed by atoms with E-state index < -0.39 is 0 Å². The molecule has 1 heterocycles. The lowest BCUT2D eigenvalue weighted by Gasteiger charge is -2.12. The van der Waals surface area contributed by atoms with Gasteiger partial charge in [0.15, 0.2) is 0 Å². The standard InChI is InChI=1S/C13H27N/c1-3-5-6-7-8-9-13-11-10-12(4-2)14-13/h12-14H,3-11H2,1-2H3/t12-,13+/m0/s1. The molecule has 84 valence electrons. The van der Waals surface area contributed by atoms with Crippen molar-refractivity contribution in [1.29, 1.82) is 0 Å². The van der Waals surface area contributed by atoms with Crippen LogP contribution in [-0.4, -0.2) is 12.1 Å². The first-order valence-corrected chi connectivity index (χ1v) is 6.62. The van der Waals surface area contributed by atoms with Crippen LogP contribution in [0, 0.1) is 0 Å². The van der Waals surface area contributed by atoms with Gasteiger partial charge in [-0.3, -0.25) is 0 Å². The Morgan fingerprint density at radius 2 is 1.64 bits per heavy atom. The molecule has 0 aliphatic carbocycles. The second-order valence-electron chi connectivity index (χ2n) is 4.75. The zero-order valence-corrected chi connectivity index (χ0v) is 10.0. The van der Waals surface area contributed by atoms with E-state index in [0.717, 1.165) is 12.1 Å². The summed E-state index contributed by atoms with van der Waals surface area (Å²) >= 11 is 0. The predicted molar refractivity (Wildman–Crippen MR) is 63.6 cm³/mol. The first-order valence-electron chi connectivity index (χ1n) is 6.62. The molecule has 1 rings (SSSR count). The summed E-state index contributed by atoms with van der Waals surface area (Å²) in [4.78, 5) is 0. The molecule has 0 aromatic rings. The summed E-state index contributed by atoms with van der Waals surface area (Å²) in [7, 11) is 0. The van der Waals surface area contributed by atoms with Gasteiger partial charge >= 0.3 is 0 Å². The molecule has 0 spiro atoms. The lowest BCUT2D eigenvalue weighted by atomic mass is 10.1. The molecule has 0 aromatic carbocycles. The van der Waals surface area contributed by atoms with Crippen molar-refractivity contribution in [3.05, 3.63) is 0 Å². The van der Waals surface area contributed by atoms with E-state index in [0.29, 0.717) is 0 Å². The van der Waals surface area contributed by atoms with Crippen LogP contribution in [0.3, 0.4) is 0 Å². The summed E-state index contributed by atoms with van der Waals surface area (Å²) in [5, 5.41) is 3.73. The van der Waals surface area contributed by atoms with Gasteiger partial charge in [-0.25, -0.2) is 0 Å². The Bertz CT molecular complexity index is 133. The average molecular weight is 197 g/mol. The van der Waals surface area contributed by atoms with Crippen LogP contribution in [0.1, 0.15) is 71.6 Å².